The van der Waals surface area contributed by atoms with E-state index in [0.717, 1.165) is 39.3 Å². The minimum Gasteiger partial charge on any atom is -0.264 e. The summed E-state index contributed by atoms with van der Waals surface area (Å²) in [4.78, 5) is 22.1. The lowest BCUT2D eigenvalue weighted by atomic mass is 9.63. The molecular formula is C51H32N4S. The molecule has 2 aliphatic rings. The van der Waals surface area contributed by atoms with Gasteiger partial charge in [-0.2, -0.15) is 0 Å². The maximum Gasteiger partial charge on any atom is 0.160 e. The molecule has 3 aromatic heterocycles. The highest BCUT2D eigenvalue weighted by Crippen LogP contribution is 2.61. The van der Waals surface area contributed by atoms with Gasteiger partial charge in [0.05, 0.1) is 22.5 Å². The number of pyridine rings is 2. The molecule has 0 N–H and O–H groups in total. The topological polar surface area (TPSA) is 51.6 Å². The van der Waals surface area contributed by atoms with Crippen molar-refractivity contribution in [3.05, 3.63) is 217 Å². The van der Waals surface area contributed by atoms with Crippen LogP contribution in [-0.2, 0) is 5.41 Å². The number of benzene rings is 6. The molecule has 0 bridgehead atoms. The number of fused-ring (bicyclic) bond motifs is 11. The number of rotatable bonds is 4. The summed E-state index contributed by atoms with van der Waals surface area (Å²) in [5, 5.41) is 0. The SMILES string of the molecule is c1ccc(-c2nc(-c3ccc(-c4cccnc4)nc3)cc(-c3ccc4c(c3)C3(c5ccccc5Sc5ccccc53)c3ccccc3-c3ccccc3-4)n2)cc1. The summed E-state index contributed by atoms with van der Waals surface area (Å²) in [5.41, 5.74) is 15.8. The van der Waals surface area contributed by atoms with Gasteiger partial charge in [0, 0.05) is 50.6 Å². The van der Waals surface area contributed by atoms with Crippen molar-refractivity contribution in [2.24, 2.45) is 0 Å². The van der Waals surface area contributed by atoms with E-state index in [1.807, 2.05) is 60.6 Å². The average Bonchev–Trinajstić information content (AvgIpc) is 3.38. The molecule has 4 nitrogen and oxygen atoms in total. The lowest BCUT2D eigenvalue weighted by Crippen LogP contribution is -2.34. The second-order valence-electron chi connectivity index (χ2n) is 14.2. The molecule has 1 spiro atoms. The number of hydrogen-bond donors (Lipinski definition) is 0. The Morgan fingerprint density at radius 3 is 1.62 bits per heavy atom. The number of nitrogens with zero attached hydrogens (tertiary/aromatic N) is 4. The summed E-state index contributed by atoms with van der Waals surface area (Å²) in [6.45, 7) is 0. The molecule has 1 aliphatic carbocycles. The maximum atomic E-state index is 5.30. The summed E-state index contributed by atoms with van der Waals surface area (Å²) in [6, 6.07) is 63.2. The molecular weight excluding hydrogens is 701 g/mol. The molecule has 9 aromatic rings. The van der Waals surface area contributed by atoms with Crippen LogP contribution in [0.15, 0.2) is 204 Å². The molecule has 56 heavy (non-hydrogen) atoms. The van der Waals surface area contributed by atoms with Gasteiger partial charge in [-0.15, -0.1) is 0 Å². The fourth-order valence-corrected chi connectivity index (χ4v) is 9.85. The van der Waals surface area contributed by atoms with Crippen molar-refractivity contribution in [2.75, 3.05) is 0 Å². The molecule has 0 unspecified atom stereocenters. The predicted molar refractivity (Wildman–Crippen MR) is 226 cm³/mol. The van der Waals surface area contributed by atoms with Gasteiger partial charge in [-0.1, -0.05) is 139 Å². The van der Waals surface area contributed by atoms with Gasteiger partial charge in [0.15, 0.2) is 5.82 Å². The molecule has 0 saturated heterocycles. The Morgan fingerprint density at radius 2 is 0.946 bits per heavy atom. The van der Waals surface area contributed by atoms with Crippen LogP contribution in [0.3, 0.4) is 0 Å². The molecule has 262 valence electrons. The van der Waals surface area contributed by atoms with E-state index in [2.05, 4.69) is 145 Å². The van der Waals surface area contributed by atoms with Crippen LogP contribution in [0.4, 0.5) is 0 Å². The third kappa shape index (κ3) is 5.09. The first-order valence-electron chi connectivity index (χ1n) is 18.8. The fourth-order valence-electron chi connectivity index (χ4n) is 8.66. The minimum absolute atomic E-state index is 0.608. The normalized spacial score (nSPS) is 13.1. The maximum absolute atomic E-state index is 5.30. The van der Waals surface area contributed by atoms with Gasteiger partial charge in [0.25, 0.3) is 0 Å². The molecule has 0 fully saturated rings. The van der Waals surface area contributed by atoms with Gasteiger partial charge in [0.2, 0.25) is 0 Å². The zero-order valence-corrected chi connectivity index (χ0v) is 31.0. The van der Waals surface area contributed by atoms with E-state index in [1.165, 1.54) is 54.3 Å². The van der Waals surface area contributed by atoms with Crippen LogP contribution in [0.25, 0.3) is 67.4 Å². The van der Waals surface area contributed by atoms with Crippen molar-refractivity contribution < 1.29 is 0 Å². The molecule has 0 amide bonds. The first-order chi connectivity index (χ1) is 27.8. The van der Waals surface area contributed by atoms with E-state index in [0.29, 0.717) is 5.82 Å². The Kier molecular flexibility index (Phi) is 7.61. The van der Waals surface area contributed by atoms with Gasteiger partial charge >= 0.3 is 0 Å². The Labute approximate surface area is 329 Å². The van der Waals surface area contributed by atoms with Crippen LogP contribution in [0.2, 0.25) is 0 Å². The van der Waals surface area contributed by atoms with E-state index >= 15 is 0 Å². The Morgan fingerprint density at radius 1 is 0.375 bits per heavy atom. The summed E-state index contributed by atoms with van der Waals surface area (Å²) in [5.74, 6) is 0.666. The Bertz CT molecular complexity index is 2900. The summed E-state index contributed by atoms with van der Waals surface area (Å²) in [6.07, 6.45) is 5.51. The quantitative estimate of drug-likeness (QED) is 0.180. The van der Waals surface area contributed by atoms with Gasteiger partial charge < -0.3 is 0 Å². The van der Waals surface area contributed by atoms with Crippen molar-refractivity contribution in [1.29, 1.82) is 0 Å². The second-order valence-corrected chi connectivity index (χ2v) is 15.3. The molecule has 6 aromatic carbocycles. The Balaban J connectivity index is 1.19. The van der Waals surface area contributed by atoms with Gasteiger partial charge in [-0.25, -0.2) is 9.97 Å². The zero-order chi connectivity index (χ0) is 37.1. The lowest BCUT2D eigenvalue weighted by Gasteiger charge is -2.42. The van der Waals surface area contributed by atoms with E-state index in [9.17, 15) is 0 Å². The molecule has 0 saturated carbocycles. The van der Waals surface area contributed by atoms with Gasteiger partial charge in [-0.05, 0) is 93.0 Å². The summed E-state index contributed by atoms with van der Waals surface area (Å²) in [7, 11) is 0. The van der Waals surface area contributed by atoms with E-state index in [-0.39, 0.29) is 0 Å². The van der Waals surface area contributed by atoms with Crippen LogP contribution in [0.5, 0.6) is 0 Å². The first kappa shape index (κ1) is 32.5. The molecule has 0 atom stereocenters. The molecule has 1 aliphatic heterocycles. The van der Waals surface area contributed by atoms with Crippen LogP contribution >= 0.6 is 11.8 Å². The third-order valence-corrected chi connectivity index (χ3v) is 12.3. The molecule has 4 heterocycles. The Hall–Kier alpha value is -6.95. The van der Waals surface area contributed by atoms with Crippen molar-refractivity contribution in [3.8, 4) is 67.4 Å². The second kappa shape index (κ2) is 13.1. The first-order valence-corrected chi connectivity index (χ1v) is 19.6. The lowest BCUT2D eigenvalue weighted by molar-refractivity contribution is 0.708. The highest BCUT2D eigenvalue weighted by Gasteiger charge is 2.48. The van der Waals surface area contributed by atoms with Crippen LogP contribution in [0, 0.1) is 0 Å². The summed E-state index contributed by atoms with van der Waals surface area (Å²) < 4.78 is 0. The fraction of sp³-hybridized carbons (Fsp3) is 0.0196. The van der Waals surface area contributed by atoms with E-state index in [4.69, 9.17) is 15.0 Å². The van der Waals surface area contributed by atoms with E-state index in [1.54, 1.807) is 6.20 Å². The number of hydrogen-bond acceptors (Lipinski definition) is 5. The van der Waals surface area contributed by atoms with Crippen LogP contribution < -0.4 is 0 Å². The van der Waals surface area contributed by atoms with Crippen molar-refractivity contribution in [1.82, 2.24) is 19.9 Å². The third-order valence-electron chi connectivity index (χ3n) is 11.1. The van der Waals surface area contributed by atoms with Crippen molar-refractivity contribution >= 4 is 11.8 Å². The van der Waals surface area contributed by atoms with Crippen LogP contribution in [0.1, 0.15) is 22.3 Å². The number of aromatic nitrogens is 4. The smallest absolute Gasteiger partial charge is 0.160 e. The molecule has 5 heteroatoms. The molecule has 11 rings (SSSR count). The average molecular weight is 733 g/mol. The highest BCUT2D eigenvalue weighted by atomic mass is 32.2. The van der Waals surface area contributed by atoms with Gasteiger partial charge in [-0.3, -0.25) is 9.97 Å². The highest BCUT2D eigenvalue weighted by molar-refractivity contribution is 7.99. The summed E-state index contributed by atoms with van der Waals surface area (Å²) >= 11 is 1.86. The minimum atomic E-state index is -0.608. The van der Waals surface area contributed by atoms with Crippen molar-refractivity contribution in [3.63, 3.8) is 0 Å². The largest absolute Gasteiger partial charge is 0.264 e. The van der Waals surface area contributed by atoms with Crippen molar-refractivity contribution in [2.45, 2.75) is 15.2 Å². The molecule has 0 radical (unpaired) electrons. The van der Waals surface area contributed by atoms with Crippen LogP contribution in [-0.4, -0.2) is 19.9 Å². The monoisotopic (exact) mass is 732 g/mol. The predicted octanol–water partition coefficient (Wildman–Crippen LogP) is 12.4. The zero-order valence-electron chi connectivity index (χ0n) is 30.2. The van der Waals surface area contributed by atoms with E-state index < -0.39 is 5.41 Å². The van der Waals surface area contributed by atoms with Gasteiger partial charge in [0.1, 0.15) is 0 Å². The standard InChI is InChI=1S/C51H32N4S/c1-2-13-33(14-3-1)50-54-46(30-47(55-50)36-25-27-45(53-32-36)35-15-12-28-52-31-35)34-24-26-40-38-17-5-4-16-37(38)39-18-6-7-19-41(39)51(44(40)29-34)42-20-8-10-22-48(42)56-49-23-11-9-21-43(49)51/h1-32H.